The van der Waals surface area contributed by atoms with E-state index in [9.17, 15) is 18.7 Å². The Balaban J connectivity index is 1.41. The molecule has 5 nitrogen and oxygen atoms in total. The molecule has 0 atom stereocenters. The second kappa shape index (κ2) is 8.24. The predicted octanol–water partition coefficient (Wildman–Crippen LogP) is 4.15. The normalized spacial score (nSPS) is 21.5. The summed E-state index contributed by atoms with van der Waals surface area (Å²) in [4.78, 5) is 17.9. The Morgan fingerprint density at radius 3 is 2.50 bits per heavy atom. The van der Waals surface area contributed by atoms with Crippen LogP contribution in [0.3, 0.4) is 0 Å². The highest BCUT2D eigenvalue weighted by molar-refractivity contribution is 6.30. The fourth-order valence-electron chi connectivity index (χ4n) is 3.81. The lowest BCUT2D eigenvalue weighted by Gasteiger charge is -2.36. The molecule has 1 fully saturated rings. The van der Waals surface area contributed by atoms with Crippen LogP contribution in [0.25, 0.3) is 10.9 Å². The Kier molecular flexibility index (Phi) is 5.66. The Morgan fingerprint density at radius 2 is 1.80 bits per heavy atom. The van der Waals surface area contributed by atoms with Crippen molar-refractivity contribution in [3.8, 4) is 0 Å². The van der Waals surface area contributed by atoms with Gasteiger partial charge in [-0.1, -0.05) is 29.8 Å². The molecule has 1 aliphatic carbocycles. The molecule has 1 heterocycles. The molecule has 1 aromatic heterocycles. The lowest BCUT2D eigenvalue weighted by molar-refractivity contribution is -0.0723. The van der Waals surface area contributed by atoms with Gasteiger partial charge in [-0.15, -0.1) is 4.73 Å². The average molecular weight is 435 g/mol. The van der Waals surface area contributed by atoms with Crippen LogP contribution in [0.1, 0.15) is 25.7 Å². The zero-order chi connectivity index (χ0) is 21.3. The van der Waals surface area contributed by atoms with Crippen molar-refractivity contribution in [1.29, 1.82) is 0 Å². The molecule has 0 aliphatic heterocycles. The van der Waals surface area contributed by atoms with Gasteiger partial charge in [0, 0.05) is 22.5 Å². The van der Waals surface area contributed by atoms with E-state index < -0.39 is 17.2 Å². The SMILES string of the molecule is O=c1ccc2ccccc2n1OCC1(O)CCC(Nc2c(F)cc(Cl)cc2F)CC1. The summed E-state index contributed by atoms with van der Waals surface area (Å²) in [5.74, 6) is -1.50. The maximum atomic E-state index is 14.0. The standard InChI is InChI=1S/C22H21ClF2N2O3/c23-15-11-17(24)21(18(25)12-15)26-16-7-9-22(29,10-8-16)13-30-27-19-4-2-1-3-14(19)5-6-20(27)28/h1-6,11-12,16,26,29H,7-10,13H2. The van der Waals surface area contributed by atoms with Crippen molar-refractivity contribution in [2.24, 2.45) is 0 Å². The van der Waals surface area contributed by atoms with Gasteiger partial charge in [0.25, 0.3) is 5.56 Å². The largest absolute Gasteiger partial charge is 0.407 e. The molecule has 2 N–H and O–H groups in total. The summed E-state index contributed by atoms with van der Waals surface area (Å²) in [5.41, 5.74) is -1.04. The number of anilines is 1. The minimum absolute atomic E-state index is 0.00519. The monoisotopic (exact) mass is 434 g/mol. The van der Waals surface area contributed by atoms with Crippen LogP contribution in [0.2, 0.25) is 5.02 Å². The minimum atomic E-state index is -1.13. The van der Waals surface area contributed by atoms with Crippen molar-refractivity contribution < 1.29 is 18.7 Å². The van der Waals surface area contributed by atoms with Gasteiger partial charge >= 0.3 is 0 Å². The van der Waals surface area contributed by atoms with E-state index in [-0.39, 0.29) is 28.9 Å². The molecule has 1 aliphatic rings. The number of aromatic nitrogens is 1. The molecule has 0 saturated heterocycles. The van der Waals surface area contributed by atoms with Gasteiger partial charge in [0.1, 0.15) is 17.9 Å². The van der Waals surface area contributed by atoms with E-state index in [1.165, 1.54) is 10.8 Å². The highest BCUT2D eigenvalue weighted by atomic mass is 35.5. The van der Waals surface area contributed by atoms with Crippen LogP contribution >= 0.6 is 11.6 Å². The molecule has 4 rings (SSSR count). The van der Waals surface area contributed by atoms with Crippen molar-refractivity contribution in [3.05, 3.63) is 75.5 Å². The summed E-state index contributed by atoms with van der Waals surface area (Å²) in [6.07, 6.45) is 1.71. The maximum Gasteiger partial charge on any atom is 0.283 e. The van der Waals surface area contributed by atoms with Gasteiger partial charge in [-0.2, -0.15) is 0 Å². The Hall–Kier alpha value is -2.64. The predicted molar refractivity (Wildman–Crippen MR) is 112 cm³/mol. The Bertz CT molecular complexity index is 1100. The quantitative estimate of drug-likeness (QED) is 0.633. The molecule has 158 valence electrons. The number of rotatable bonds is 5. The molecule has 3 aromatic rings. The molecular formula is C22H21ClF2N2O3. The van der Waals surface area contributed by atoms with E-state index in [2.05, 4.69) is 5.32 Å². The molecule has 2 aromatic carbocycles. The molecular weight excluding hydrogens is 414 g/mol. The number of nitrogens with one attached hydrogen (secondary N) is 1. The number of aliphatic hydroxyl groups is 1. The van der Waals surface area contributed by atoms with Gasteiger partial charge in [-0.05, 0) is 49.9 Å². The number of halogens is 3. The summed E-state index contributed by atoms with van der Waals surface area (Å²) in [6, 6.07) is 12.4. The van der Waals surface area contributed by atoms with Crippen molar-refractivity contribution in [2.45, 2.75) is 37.3 Å². The van der Waals surface area contributed by atoms with E-state index in [0.717, 1.165) is 17.5 Å². The average Bonchev–Trinajstić information content (AvgIpc) is 2.71. The van der Waals surface area contributed by atoms with Crippen molar-refractivity contribution in [2.75, 3.05) is 11.9 Å². The zero-order valence-corrected chi connectivity index (χ0v) is 16.8. The van der Waals surface area contributed by atoms with E-state index in [1.807, 2.05) is 18.2 Å². The molecule has 0 bridgehead atoms. The topological polar surface area (TPSA) is 63.5 Å². The number of hydrogen-bond donors (Lipinski definition) is 2. The minimum Gasteiger partial charge on any atom is -0.407 e. The van der Waals surface area contributed by atoms with Crippen LogP contribution in [-0.2, 0) is 0 Å². The molecule has 0 spiro atoms. The molecule has 0 amide bonds. The van der Waals surface area contributed by atoms with E-state index in [0.29, 0.717) is 31.2 Å². The number of nitrogens with zero attached hydrogens (tertiary/aromatic N) is 1. The Labute approximate surface area is 176 Å². The summed E-state index contributed by atoms with van der Waals surface area (Å²) in [6.45, 7) is -0.0582. The fourth-order valence-corrected chi connectivity index (χ4v) is 4.00. The van der Waals surface area contributed by atoms with E-state index in [4.69, 9.17) is 16.4 Å². The van der Waals surface area contributed by atoms with Gasteiger partial charge in [-0.25, -0.2) is 8.78 Å². The molecule has 30 heavy (non-hydrogen) atoms. The van der Waals surface area contributed by atoms with Crippen molar-refractivity contribution in [1.82, 2.24) is 4.73 Å². The van der Waals surface area contributed by atoms with Crippen molar-refractivity contribution >= 4 is 28.2 Å². The van der Waals surface area contributed by atoms with Crippen LogP contribution in [0.15, 0.2) is 53.3 Å². The lowest BCUT2D eigenvalue weighted by Crippen LogP contribution is -2.45. The Morgan fingerprint density at radius 1 is 1.13 bits per heavy atom. The first kappa shape index (κ1) is 20.6. The van der Waals surface area contributed by atoms with Crippen LogP contribution in [0.5, 0.6) is 0 Å². The first-order valence-electron chi connectivity index (χ1n) is 9.72. The number of benzene rings is 2. The van der Waals surface area contributed by atoms with E-state index in [1.54, 1.807) is 12.1 Å². The highest BCUT2D eigenvalue weighted by Gasteiger charge is 2.35. The fraction of sp³-hybridized carbons (Fsp3) is 0.318. The first-order chi connectivity index (χ1) is 14.3. The molecule has 0 unspecified atom stereocenters. The van der Waals surface area contributed by atoms with E-state index >= 15 is 0 Å². The lowest BCUT2D eigenvalue weighted by atomic mass is 9.82. The molecule has 8 heteroatoms. The van der Waals surface area contributed by atoms with Crippen LogP contribution in [-0.4, -0.2) is 28.1 Å². The third-order valence-corrected chi connectivity index (χ3v) is 5.71. The summed E-state index contributed by atoms with van der Waals surface area (Å²) < 4.78 is 29.2. The van der Waals surface area contributed by atoms with Crippen LogP contribution < -0.4 is 15.7 Å². The van der Waals surface area contributed by atoms with Gasteiger partial charge in [0.05, 0.1) is 5.52 Å². The summed E-state index contributed by atoms with van der Waals surface area (Å²) >= 11 is 5.66. The molecule has 1 saturated carbocycles. The number of fused-ring (bicyclic) bond motifs is 1. The smallest absolute Gasteiger partial charge is 0.283 e. The first-order valence-corrected chi connectivity index (χ1v) is 10.1. The van der Waals surface area contributed by atoms with Crippen molar-refractivity contribution in [3.63, 3.8) is 0 Å². The second-order valence-electron chi connectivity index (χ2n) is 7.69. The maximum absolute atomic E-state index is 14.0. The summed E-state index contributed by atoms with van der Waals surface area (Å²) in [7, 11) is 0. The van der Waals surface area contributed by atoms with Gasteiger partial charge in [0.15, 0.2) is 11.6 Å². The van der Waals surface area contributed by atoms with Gasteiger partial charge < -0.3 is 15.3 Å². The third kappa shape index (κ3) is 4.27. The van der Waals surface area contributed by atoms with Crippen LogP contribution in [0, 0.1) is 11.6 Å². The number of hydrogen-bond acceptors (Lipinski definition) is 4. The van der Waals surface area contributed by atoms with Gasteiger partial charge in [-0.3, -0.25) is 4.79 Å². The summed E-state index contributed by atoms with van der Waals surface area (Å²) in [5, 5.41) is 14.6. The molecule has 0 radical (unpaired) electrons. The van der Waals surface area contributed by atoms with Gasteiger partial charge in [0.2, 0.25) is 0 Å². The van der Waals surface area contributed by atoms with Crippen LogP contribution in [0.4, 0.5) is 14.5 Å². The number of pyridine rings is 1. The zero-order valence-electron chi connectivity index (χ0n) is 16.1. The third-order valence-electron chi connectivity index (χ3n) is 5.50. The number of para-hydroxylation sites is 1. The second-order valence-corrected chi connectivity index (χ2v) is 8.12. The highest BCUT2D eigenvalue weighted by Crippen LogP contribution is 2.32.